The molecule has 17 heavy (non-hydrogen) atoms. The second-order valence-electron chi connectivity index (χ2n) is 3.45. The van der Waals surface area contributed by atoms with Crippen LogP contribution >= 0.6 is 0 Å². The molecule has 88 valence electrons. The average Bonchev–Trinajstić information content (AvgIpc) is 2.73. The van der Waals surface area contributed by atoms with E-state index in [9.17, 15) is 14.3 Å². The van der Waals surface area contributed by atoms with E-state index in [-0.39, 0.29) is 28.3 Å². The third kappa shape index (κ3) is 1.84. The van der Waals surface area contributed by atoms with Crippen LogP contribution in [-0.2, 0) is 0 Å². The fourth-order valence-electron chi connectivity index (χ4n) is 1.48. The lowest BCUT2D eigenvalue weighted by molar-refractivity contribution is 0.0686. The summed E-state index contributed by atoms with van der Waals surface area (Å²) in [6.45, 7) is 1.45. The average molecular weight is 237 g/mol. The molecule has 2 N–H and O–H groups in total. The normalized spacial score (nSPS) is 10.5. The van der Waals surface area contributed by atoms with Crippen LogP contribution in [0, 0.1) is 12.7 Å². The molecule has 2 aromatic rings. The van der Waals surface area contributed by atoms with Crippen LogP contribution in [0.2, 0.25) is 0 Å². The minimum atomic E-state index is -1.26. The summed E-state index contributed by atoms with van der Waals surface area (Å²) in [5.41, 5.74) is -0.0360. The molecule has 0 aliphatic heterocycles. The van der Waals surface area contributed by atoms with Crippen LogP contribution in [0.4, 0.5) is 4.39 Å². The van der Waals surface area contributed by atoms with Gasteiger partial charge in [-0.3, -0.25) is 0 Å². The molecule has 0 fully saturated rings. The smallest absolute Gasteiger partial charge is 0.358 e. The highest BCUT2D eigenvalue weighted by Crippen LogP contribution is 2.33. The Morgan fingerprint density at radius 1 is 1.47 bits per heavy atom. The fraction of sp³-hybridized carbons (Fsp3) is 0.0909. The summed E-state index contributed by atoms with van der Waals surface area (Å²) < 4.78 is 18.1. The highest BCUT2D eigenvalue weighted by molar-refractivity contribution is 5.87. The van der Waals surface area contributed by atoms with Gasteiger partial charge in [0.05, 0.1) is 5.56 Å². The van der Waals surface area contributed by atoms with Gasteiger partial charge in [0.1, 0.15) is 11.6 Å². The van der Waals surface area contributed by atoms with Crippen LogP contribution in [0.5, 0.6) is 5.75 Å². The zero-order chi connectivity index (χ0) is 12.6. The van der Waals surface area contributed by atoms with Crippen molar-refractivity contribution in [1.82, 2.24) is 5.16 Å². The van der Waals surface area contributed by atoms with E-state index in [1.54, 1.807) is 0 Å². The molecule has 1 aromatic carbocycles. The summed E-state index contributed by atoms with van der Waals surface area (Å²) in [6, 6.07) is 3.41. The van der Waals surface area contributed by atoms with Crippen molar-refractivity contribution in [2.24, 2.45) is 0 Å². The van der Waals surface area contributed by atoms with E-state index in [2.05, 4.69) is 5.16 Å². The van der Waals surface area contributed by atoms with Crippen LogP contribution in [0.15, 0.2) is 22.7 Å². The SMILES string of the molecule is Cc1c(F)ccc(O)c1-c1cc(C(=O)O)no1. The number of carbonyl (C=O) groups is 1. The van der Waals surface area contributed by atoms with Crippen LogP contribution in [0.25, 0.3) is 11.3 Å². The molecule has 0 atom stereocenters. The van der Waals surface area contributed by atoms with Crippen LogP contribution in [-0.4, -0.2) is 21.3 Å². The number of carboxylic acids is 1. The van der Waals surface area contributed by atoms with Gasteiger partial charge in [0.15, 0.2) is 11.5 Å². The van der Waals surface area contributed by atoms with Crippen LogP contribution in [0.1, 0.15) is 16.1 Å². The van der Waals surface area contributed by atoms with E-state index in [1.807, 2.05) is 0 Å². The monoisotopic (exact) mass is 237 g/mol. The molecular weight excluding hydrogens is 229 g/mol. The van der Waals surface area contributed by atoms with E-state index in [0.29, 0.717) is 0 Å². The van der Waals surface area contributed by atoms with Gasteiger partial charge < -0.3 is 14.7 Å². The Bertz CT molecular complexity index is 591. The van der Waals surface area contributed by atoms with Gasteiger partial charge in [0, 0.05) is 6.07 Å². The standard InChI is InChI=1S/C11H8FNO4/c1-5-6(12)2-3-8(14)10(5)9-4-7(11(15)16)13-17-9/h2-4,14H,1H3,(H,15,16). The topological polar surface area (TPSA) is 83.6 Å². The number of halogens is 1. The van der Waals surface area contributed by atoms with Crippen molar-refractivity contribution in [2.75, 3.05) is 0 Å². The van der Waals surface area contributed by atoms with Crippen molar-refractivity contribution < 1.29 is 23.9 Å². The number of aromatic carboxylic acids is 1. The second-order valence-corrected chi connectivity index (χ2v) is 3.45. The van der Waals surface area contributed by atoms with Gasteiger partial charge in [0.25, 0.3) is 0 Å². The molecule has 0 spiro atoms. The van der Waals surface area contributed by atoms with E-state index >= 15 is 0 Å². The maximum Gasteiger partial charge on any atom is 0.358 e. The first kappa shape index (κ1) is 11.1. The summed E-state index contributed by atoms with van der Waals surface area (Å²) in [6.07, 6.45) is 0. The fourth-order valence-corrected chi connectivity index (χ4v) is 1.48. The molecule has 0 unspecified atom stereocenters. The molecule has 0 bridgehead atoms. The van der Waals surface area contributed by atoms with Crippen molar-refractivity contribution in [1.29, 1.82) is 0 Å². The molecular formula is C11H8FNO4. The molecule has 1 aromatic heterocycles. The largest absolute Gasteiger partial charge is 0.507 e. The number of aromatic nitrogens is 1. The number of aromatic hydroxyl groups is 1. The van der Waals surface area contributed by atoms with Gasteiger partial charge in [0.2, 0.25) is 0 Å². The number of phenolic OH excluding ortho intramolecular Hbond substituents is 1. The lowest BCUT2D eigenvalue weighted by atomic mass is 10.0. The summed E-state index contributed by atoms with van der Waals surface area (Å²) in [5, 5.41) is 21.6. The van der Waals surface area contributed by atoms with Crippen molar-refractivity contribution in [3.8, 4) is 17.1 Å². The number of benzene rings is 1. The van der Waals surface area contributed by atoms with E-state index in [4.69, 9.17) is 9.63 Å². The molecule has 0 saturated carbocycles. The summed E-state index contributed by atoms with van der Waals surface area (Å²) in [4.78, 5) is 10.6. The third-order valence-electron chi connectivity index (χ3n) is 2.35. The van der Waals surface area contributed by atoms with E-state index < -0.39 is 11.8 Å². The Kier molecular flexibility index (Phi) is 2.55. The second kappa shape index (κ2) is 3.89. The number of carboxylic acid groups (broad SMARTS) is 1. The predicted molar refractivity (Wildman–Crippen MR) is 55.3 cm³/mol. The minimum Gasteiger partial charge on any atom is -0.507 e. The van der Waals surface area contributed by atoms with Gasteiger partial charge in [-0.05, 0) is 24.6 Å². The highest BCUT2D eigenvalue weighted by atomic mass is 19.1. The first-order chi connectivity index (χ1) is 8.00. The van der Waals surface area contributed by atoms with Gasteiger partial charge in [-0.15, -0.1) is 0 Å². The molecule has 0 aliphatic rings. The minimum absolute atomic E-state index is 0.0110. The van der Waals surface area contributed by atoms with Crippen molar-refractivity contribution >= 4 is 5.97 Å². The Hall–Kier alpha value is -2.37. The molecule has 2 rings (SSSR count). The molecule has 6 heteroatoms. The number of hydrogen-bond donors (Lipinski definition) is 2. The van der Waals surface area contributed by atoms with Crippen molar-refractivity contribution in [3.05, 3.63) is 35.3 Å². The number of phenols is 1. The Balaban J connectivity index is 2.60. The van der Waals surface area contributed by atoms with E-state index in [1.165, 1.54) is 13.0 Å². The van der Waals surface area contributed by atoms with E-state index in [0.717, 1.165) is 12.1 Å². The molecule has 0 saturated heterocycles. The first-order valence-corrected chi connectivity index (χ1v) is 4.69. The number of nitrogens with zero attached hydrogens (tertiary/aromatic N) is 1. The number of rotatable bonds is 2. The molecule has 0 amide bonds. The summed E-state index contributed by atoms with van der Waals surface area (Å²) in [5.74, 6) is -1.96. The van der Waals surface area contributed by atoms with Crippen LogP contribution in [0.3, 0.4) is 0 Å². The number of hydrogen-bond acceptors (Lipinski definition) is 4. The Morgan fingerprint density at radius 2 is 2.18 bits per heavy atom. The zero-order valence-corrected chi connectivity index (χ0v) is 8.77. The predicted octanol–water partition coefficient (Wildman–Crippen LogP) is 2.19. The van der Waals surface area contributed by atoms with Crippen LogP contribution < -0.4 is 0 Å². The molecule has 0 radical (unpaired) electrons. The molecule has 0 aliphatic carbocycles. The third-order valence-corrected chi connectivity index (χ3v) is 2.35. The Morgan fingerprint density at radius 3 is 2.76 bits per heavy atom. The van der Waals surface area contributed by atoms with Gasteiger partial charge in [-0.1, -0.05) is 5.16 Å². The zero-order valence-electron chi connectivity index (χ0n) is 8.77. The first-order valence-electron chi connectivity index (χ1n) is 4.69. The quantitative estimate of drug-likeness (QED) is 0.836. The summed E-state index contributed by atoms with van der Waals surface area (Å²) >= 11 is 0. The molecule has 1 heterocycles. The molecule has 5 nitrogen and oxygen atoms in total. The van der Waals surface area contributed by atoms with Gasteiger partial charge in [-0.2, -0.15) is 0 Å². The van der Waals surface area contributed by atoms with Gasteiger partial charge >= 0.3 is 5.97 Å². The maximum atomic E-state index is 13.3. The van der Waals surface area contributed by atoms with Gasteiger partial charge in [-0.25, -0.2) is 9.18 Å². The lowest BCUT2D eigenvalue weighted by Crippen LogP contribution is -1.94. The highest BCUT2D eigenvalue weighted by Gasteiger charge is 2.18. The Labute approximate surface area is 95.1 Å². The van der Waals surface area contributed by atoms with Crippen molar-refractivity contribution in [2.45, 2.75) is 6.92 Å². The summed E-state index contributed by atoms with van der Waals surface area (Å²) in [7, 11) is 0. The maximum absolute atomic E-state index is 13.3. The lowest BCUT2D eigenvalue weighted by Gasteiger charge is -2.05. The van der Waals surface area contributed by atoms with Crippen molar-refractivity contribution in [3.63, 3.8) is 0 Å².